The molecule has 0 saturated carbocycles. The van der Waals surface area contributed by atoms with E-state index >= 15 is 0 Å². The van der Waals surface area contributed by atoms with Crippen LogP contribution in [0.15, 0.2) is 30.5 Å². The number of amides is 1. The highest BCUT2D eigenvalue weighted by Gasteiger charge is 2.20. The maximum atomic E-state index is 12.0. The number of para-hydroxylation sites is 1. The van der Waals surface area contributed by atoms with Gasteiger partial charge >= 0.3 is 0 Å². The summed E-state index contributed by atoms with van der Waals surface area (Å²) in [5.74, 6) is -0.0259. The first kappa shape index (κ1) is 14.0. The zero-order valence-corrected chi connectivity index (χ0v) is 12.6. The van der Waals surface area contributed by atoms with E-state index in [-0.39, 0.29) is 5.91 Å². The van der Waals surface area contributed by atoms with E-state index in [9.17, 15) is 9.90 Å². The number of hydrogen-bond donors (Lipinski definition) is 2. The molecule has 0 fully saturated rings. The molecule has 2 aromatic rings. The van der Waals surface area contributed by atoms with Crippen LogP contribution in [-0.2, 0) is 6.54 Å². The number of nitrogens with zero attached hydrogens (tertiary/aromatic N) is 2. The largest absolute Gasteiger partial charge is 0.386 e. The Balaban J connectivity index is 1.87. The monoisotopic (exact) mass is 303 g/mol. The van der Waals surface area contributed by atoms with Crippen LogP contribution in [0.2, 0.25) is 0 Å². The quantitative estimate of drug-likeness (QED) is 0.909. The van der Waals surface area contributed by atoms with E-state index in [2.05, 4.69) is 15.2 Å². The summed E-state index contributed by atoms with van der Waals surface area (Å²) in [6.07, 6.45) is 1.26. The molecule has 0 aliphatic carbocycles. The SMILES string of the molecule is CC(O)c1ncc(CN2CCNC(=O)c3ccccc32)s1. The van der Waals surface area contributed by atoms with Crippen LogP contribution < -0.4 is 10.2 Å². The molecule has 1 aromatic carbocycles. The van der Waals surface area contributed by atoms with E-state index in [4.69, 9.17) is 0 Å². The third kappa shape index (κ3) is 2.91. The highest BCUT2D eigenvalue weighted by Crippen LogP contribution is 2.26. The Hall–Kier alpha value is -1.92. The molecule has 3 rings (SSSR count). The lowest BCUT2D eigenvalue weighted by atomic mass is 10.1. The van der Waals surface area contributed by atoms with Gasteiger partial charge in [-0.25, -0.2) is 4.98 Å². The van der Waals surface area contributed by atoms with Crippen LogP contribution in [0.25, 0.3) is 0 Å². The first-order chi connectivity index (χ1) is 10.1. The van der Waals surface area contributed by atoms with E-state index < -0.39 is 6.10 Å². The van der Waals surface area contributed by atoms with E-state index in [1.807, 2.05) is 24.3 Å². The molecular formula is C15H17N3O2S. The van der Waals surface area contributed by atoms with Gasteiger partial charge in [-0.05, 0) is 19.1 Å². The van der Waals surface area contributed by atoms with Gasteiger partial charge in [0.25, 0.3) is 5.91 Å². The lowest BCUT2D eigenvalue weighted by Crippen LogP contribution is -2.29. The number of thiazole rings is 1. The van der Waals surface area contributed by atoms with Crippen molar-refractivity contribution in [3.63, 3.8) is 0 Å². The second kappa shape index (κ2) is 5.83. The number of hydrogen-bond acceptors (Lipinski definition) is 5. The Morgan fingerprint density at radius 1 is 1.48 bits per heavy atom. The maximum Gasteiger partial charge on any atom is 0.253 e. The first-order valence-corrected chi connectivity index (χ1v) is 7.71. The van der Waals surface area contributed by atoms with Crippen LogP contribution in [-0.4, -0.2) is 29.1 Å². The van der Waals surface area contributed by atoms with Crippen LogP contribution in [0.1, 0.15) is 33.3 Å². The second-order valence-electron chi connectivity index (χ2n) is 5.04. The van der Waals surface area contributed by atoms with Crippen molar-refractivity contribution < 1.29 is 9.90 Å². The van der Waals surface area contributed by atoms with Crippen molar-refractivity contribution >= 4 is 22.9 Å². The number of fused-ring (bicyclic) bond motifs is 1. The first-order valence-electron chi connectivity index (χ1n) is 6.90. The third-order valence-corrected chi connectivity index (χ3v) is 4.58. The number of aliphatic hydroxyl groups excluding tert-OH is 1. The Bertz CT molecular complexity index is 654. The summed E-state index contributed by atoms with van der Waals surface area (Å²) in [6.45, 7) is 3.78. The fraction of sp³-hybridized carbons (Fsp3) is 0.333. The lowest BCUT2D eigenvalue weighted by Gasteiger charge is -2.23. The number of carbonyl (C=O) groups excluding carboxylic acids is 1. The Labute approximate surface area is 127 Å². The van der Waals surface area contributed by atoms with Gasteiger partial charge in [0.1, 0.15) is 11.1 Å². The third-order valence-electron chi connectivity index (χ3n) is 3.43. The summed E-state index contributed by atoms with van der Waals surface area (Å²) in [6, 6.07) is 7.63. The average molecular weight is 303 g/mol. The Morgan fingerprint density at radius 2 is 2.29 bits per heavy atom. The predicted octanol–water partition coefficient (Wildman–Crippen LogP) is 1.95. The minimum absolute atomic E-state index is 0.0259. The van der Waals surface area contributed by atoms with E-state index in [1.165, 1.54) is 11.3 Å². The van der Waals surface area contributed by atoms with Crippen molar-refractivity contribution in [3.8, 4) is 0 Å². The van der Waals surface area contributed by atoms with Gasteiger partial charge in [0.15, 0.2) is 0 Å². The number of rotatable bonds is 3. The maximum absolute atomic E-state index is 12.0. The van der Waals surface area contributed by atoms with Gasteiger partial charge in [0, 0.05) is 29.9 Å². The molecule has 0 spiro atoms. The molecule has 110 valence electrons. The topological polar surface area (TPSA) is 65.5 Å². The Kier molecular flexibility index (Phi) is 3.90. The molecule has 6 heteroatoms. The molecule has 1 aromatic heterocycles. The van der Waals surface area contributed by atoms with Crippen LogP contribution in [0.5, 0.6) is 0 Å². The zero-order chi connectivity index (χ0) is 14.8. The fourth-order valence-electron chi connectivity index (χ4n) is 2.40. The summed E-state index contributed by atoms with van der Waals surface area (Å²) in [4.78, 5) is 19.5. The number of aromatic nitrogens is 1. The molecule has 5 nitrogen and oxygen atoms in total. The van der Waals surface area contributed by atoms with Crippen molar-refractivity contribution in [2.75, 3.05) is 18.0 Å². The molecule has 1 atom stereocenters. The minimum atomic E-state index is -0.539. The number of benzene rings is 1. The second-order valence-corrected chi connectivity index (χ2v) is 6.18. The van der Waals surface area contributed by atoms with Gasteiger partial charge in [-0.2, -0.15) is 0 Å². The highest BCUT2D eigenvalue weighted by molar-refractivity contribution is 7.11. The predicted molar refractivity (Wildman–Crippen MR) is 82.6 cm³/mol. The lowest BCUT2D eigenvalue weighted by molar-refractivity contribution is 0.0958. The van der Waals surface area contributed by atoms with E-state index in [0.29, 0.717) is 18.7 Å². The number of aliphatic hydroxyl groups is 1. The standard InChI is InChI=1S/C15H17N3O2S/c1-10(19)15-17-8-11(21-15)9-18-7-6-16-14(20)12-4-2-3-5-13(12)18/h2-5,8,10,19H,6-7,9H2,1H3,(H,16,20). The molecule has 0 saturated heterocycles. The Morgan fingerprint density at radius 3 is 3.05 bits per heavy atom. The smallest absolute Gasteiger partial charge is 0.253 e. The summed E-state index contributed by atoms with van der Waals surface area (Å²) < 4.78 is 0. The molecule has 1 aliphatic rings. The average Bonchev–Trinajstić information content (AvgIpc) is 2.89. The van der Waals surface area contributed by atoms with Crippen molar-refractivity contribution in [3.05, 3.63) is 45.9 Å². The normalized spacial score (nSPS) is 16.1. The molecular weight excluding hydrogens is 286 g/mol. The van der Waals surface area contributed by atoms with Gasteiger partial charge in [-0.15, -0.1) is 11.3 Å². The minimum Gasteiger partial charge on any atom is -0.386 e. The van der Waals surface area contributed by atoms with Crippen molar-refractivity contribution in [1.82, 2.24) is 10.3 Å². The van der Waals surface area contributed by atoms with Crippen molar-refractivity contribution in [2.45, 2.75) is 19.6 Å². The summed E-state index contributed by atoms with van der Waals surface area (Å²) in [5.41, 5.74) is 1.65. The van der Waals surface area contributed by atoms with E-state index in [0.717, 1.165) is 22.1 Å². The molecule has 1 amide bonds. The van der Waals surface area contributed by atoms with Gasteiger partial charge in [-0.1, -0.05) is 12.1 Å². The van der Waals surface area contributed by atoms with Crippen molar-refractivity contribution in [1.29, 1.82) is 0 Å². The molecule has 2 heterocycles. The van der Waals surface area contributed by atoms with Crippen LogP contribution in [0, 0.1) is 0 Å². The molecule has 21 heavy (non-hydrogen) atoms. The number of anilines is 1. The van der Waals surface area contributed by atoms with Gasteiger partial charge in [-0.3, -0.25) is 4.79 Å². The molecule has 1 aliphatic heterocycles. The van der Waals surface area contributed by atoms with Crippen LogP contribution in [0.3, 0.4) is 0 Å². The van der Waals surface area contributed by atoms with Gasteiger partial charge in [0.2, 0.25) is 0 Å². The fourth-order valence-corrected chi connectivity index (χ4v) is 3.27. The summed E-state index contributed by atoms with van der Waals surface area (Å²) in [7, 11) is 0. The highest BCUT2D eigenvalue weighted by atomic mass is 32.1. The zero-order valence-electron chi connectivity index (χ0n) is 11.7. The molecule has 0 bridgehead atoms. The van der Waals surface area contributed by atoms with Crippen molar-refractivity contribution in [2.24, 2.45) is 0 Å². The molecule has 2 N–H and O–H groups in total. The van der Waals surface area contributed by atoms with Crippen LogP contribution >= 0.6 is 11.3 Å². The van der Waals surface area contributed by atoms with Gasteiger partial charge < -0.3 is 15.3 Å². The number of nitrogens with one attached hydrogen (secondary N) is 1. The van der Waals surface area contributed by atoms with Crippen LogP contribution in [0.4, 0.5) is 5.69 Å². The summed E-state index contributed by atoms with van der Waals surface area (Å²) >= 11 is 1.51. The summed E-state index contributed by atoms with van der Waals surface area (Å²) in [5, 5.41) is 13.2. The molecule has 0 radical (unpaired) electrons. The molecule has 1 unspecified atom stereocenters. The number of carbonyl (C=O) groups is 1. The van der Waals surface area contributed by atoms with E-state index in [1.54, 1.807) is 13.1 Å². The van der Waals surface area contributed by atoms with Gasteiger partial charge in [0.05, 0.1) is 12.1 Å².